The number of benzene rings is 3. The van der Waals surface area contributed by atoms with Gasteiger partial charge in [-0.15, -0.1) is 0 Å². The molecule has 1 N–H and O–H groups in total. The number of carboxylic acid groups (broad SMARTS) is 1. The van der Waals surface area contributed by atoms with Crippen LogP contribution in [0.25, 0.3) is 33.5 Å². The summed E-state index contributed by atoms with van der Waals surface area (Å²) in [5, 5.41) is 10.2. The van der Waals surface area contributed by atoms with Gasteiger partial charge in [-0.1, -0.05) is 86.6 Å². The number of nitrogens with zero attached hydrogens (tertiary/aromatic N) is 1. The van der Waals surface area contributed by atoms with Crippen LogP contribution in [0.3, 0.4) is 0 Å². The number of aromatic nitrogens is 1. The molecule has 0 aliphatic heterocycles. The van der Waals surface area contributed by atoms with Crippen molar-refractivity contribution in [3.63, 3.8) is 0 Å². The van der Waals surface area contributed by atoms with E-state index >= 15 is 0 Å². The maximum absolute atomic E-state index is 13.7. The third-order valence-electron chi connectivity index (χ3n) is 5.23. The topological polar surface area (TPSA) is 50.2 Å². The Morgan fingerprint density at radius 1 is 0.774 bits per heavy atom. The van der Waals surface area contributed by atoms with Crippen molar-refractivity contribution in [2.45, 2.75) is 19.8 Å². The second-order valence-electron chi connectivity index (χ2n) is 7.67. The summed E-state index contributed by atoms with van der Waals surface area (Å²) in [6.07, 6.45) is 0. The monoisotopic (exact) mass is 411 g/mol. The number of aromatic carboxylic acids is 1. The van der Waals surface area contributed by atoms with Crippen molar-refractivity contribution in [3.05, 3.63) is 102 Å². The van der Waals surface area contributed by atoms with Gasteiger partial charge in [-0.2, -0.15) is 0 Å². The minimum atomic E-state index is -1.05. The number of halogens is 1. The van der Waals surface area contributed by atoms with Gasteiger partial charge < -0.3 is 5.11 Å². The molecular weight excluding hydrogens is 389 g/mol. The lowest BCUT2D eigenvalue weighted by molar-refractivity contribution is 0.0695. The smallest absolute Gasteiger partial charge is 0.338 e. The van der Waals surface area contributed by atoms with E-state index in [1.165, 1.54) is 12.1 Å². The maximum Gasteiger partial charge on any atom is 0.338 e. The largest absolute Gasteiger partial charge is 0.478 e. The molecule has 0 spiro atoms. The molecule has 1 heterocycles. The van der Waals surface area contributed by atoms with Crippen LogP contribution in [-0.2, 0) is 0 Å². The predicted octanol–water partition coefficient (Wildman–Crippen LogP) is 7.04. The summed E-state index contributed by atoms with van der Waals surface area (Å²) in [4.78, 5) is 17.4. The van der Waals surface area contributed by atoms with Crippen molar-refractivity contribution < 1.29 is 14.3 Å². The molecule has 4 aromatic rings. The summed E-state index contributed by atoms with van der Waals surface area (Å²) in [6.45, 7) is 3.86. The number of pyridine rings is 1. The van der Waals surface area contributed by atoms with Crippen LogP contribution in [0, 0.1) is 5.82 Å². The molecule has 0 radical (unpaired) electrons. The van der Waals surface area contributed by atoms with Crippen molar-refractivity contribution in [2.75, 3.05) is 0 Å². The van der Waals surface area contributed by atoms with Crippen LogP contribution in [0.5, 0.6) is 0 Å². The average Bonchev–Trinajstić information content (AvgIpc) is 2.79. The summed E-state index contributed by atoms with van der Waals surface area (Å²) in [6, 6.07) is 25.3. The van der Waals surface area contributed by atoms with Crippen LogP contribution in [0.1, 0.15) is 35.8 Å². The Labute approximate surface area is 180 Å². The quantitative estimate of drug-likeness (QED) is 0.383. The van der Waals surface area contributed by atoms with Gasteiger partial charge in [-0.25, -0.2) is 9.18 Å². The molecule has 4 heteroatoms. The van der Waals surface area contributed by atoms with Gasteiger partial charge in [0.25, 0.3) is 0 Å². The molecule has 0 unspecified atom stereocenters. The molecule has 3 nitrogen and oxygen atoms in total. The van der Waals surface area contributed by atoms with Gasteiger partial charge in [-0.05, 0) is 29.2 Å². The Morgan fingerprint density at radius 3 is 1.81 bits per heavy atom. The SMILES string of the molecule is CC(C)c1nc(-c2ccccc2)c(-c2ccccc2)c(-c2ccc(F)cc2)c1C(=O)O. The first-order valence-electron chi connectivity index (χ1n) is 10.2. The van der Waals surface area contributed by atoms with Crippen LogP contribution in [-0.4, -0.2) is 16.1 Å². The molecule has 1 aromatic heterocycles. The van der Waals surface area contributed by atoms with Crippen LogP contribution in [0.2, 0.25) is 0 Å². The van der Waals surface area contributed by atoms with E-state index in [0.717, 1.165) is 16.7 Å². The molecule has 0 aliphatic rings. The summed E-state index contributed by atoms with van der Waals surface area (Å²) in [5.41, 5.74) is 5.02. The van der Waals surface area contributed by atoms with Gasteiger partial charge in [0.15, 0.2) is 0 Å². The standard InChI is InChI=1S/C27H22FNO2/c1-17(2)25-24(27(30)31)22(19-13-15-21(28)16-14-19)23(18-9-5-3-6-10-18)26(29-25)20-11-7-4-8-12-20/h3-17H,1-2H3,(H,30,31). The third kappa shape index (κ3) is 3.97. The highest BCUT2D eigenvalue weighted by Crippen LogP contribution is 2.43. The zero-order valence-corrected chi connectivity index (χ0v) is 17.3. The van der Waals surface area contributed by atoms with E-state index in [-0.39, 0.29) is 17.3 Å². The maximum atomic E-state index is 13.7. The summed E-state index contributed by atoms with van der Waals surface area (Å²) in [5.74, 6) is -1.53. The molecule has 0 fully saturated rings. The molecule has 0 atom stereocenters. The highest BCUT2D eigenvalue weighted by Gasteiger charge is 2.27. The van der Waals surface area contributed by atoms with Crippen molar-refractivity contribution in [3.8, 4) is 33.5 Å². The lowest BCUT2D eigenvalue weighted by atomic mass is 9.85. The van der Waals surface area contributed by atoms with E-state index in [0.29, 0.717) is 22.5 Å². The number of rotatable bonds is 5. The van der Waals surface area contributed by atoms with E-state index in [1.807, 2.05) is 74.5 Å². The van der Waals surface area contributed by atoms with Gasteiger partial charge in [0.1, 0.15) is 5.82 Å². The Balaban J connectivity index is 2.22. The van der Waals surface area contributed by atoms with Gasteiger partial charge in [-0.3, -0.25) is 4.98 Å². The summed E-state index contributed by atoms with van der Waals surface area (Å²) < 4.78 is 13.7. The van der Waals surface area contributed by atoms with Crippen molar-refractivity contribution in [2.24, 2.45) is 0 Å². The Kier molecular flexibility index (Phi) is 5.63. The van der Waals surface area contributed by atoms with Crippen LogP contribution in [0.15, 0.2) is 84.9 Å². The Hall–Kier alpha value is -3.79. The minimum absolute atomic E-state index is 0.113. The molecule has 0 bridgehead atoms. The van der Waals surface area contributed by atoms with Gasteiger partial charge in [0.05, 0.1) is 17.0 Å². The zero-order valence-electron chi connectivity index (χ0n) is 17.3. The minimum Gasteiger partial charge on any atom is -0.478 e. The van der Waals surface area contributed by atoms with Crippen molar-refractivity contribution in [1.82, 2.24) is 4.98 Å². The summed E-state index contributed by atoms with van der Waals surface area (Å²) >= 11 is 0. The first-order chi connectivity index (χ1) is 15.0. The van der Waals surface area contributed by atoms with Crippen LogP contribution >= 0.6 is 0 Å². The zero-order chi connectivity index (χ0) is 22.0. The Bertz CT molecular complexity index is 1220. The average molecular weight is 411 g/mol. The first-order valence-corrected chi connectivity index (χ1v) is 10.2. The van der Waals surface area contributed by atoms with Gasteiger partial charge in [0, 0.05) is 16.7 Å². The molecule has 0 aliphatic carbocycles. The third-order valence-corrected chi connectivity index (χ3v) is 5.23. The number of hydrogen-bond donors (Lipinski definition) is 1. The highest BCUT2D eigenvalue weighted by molar-refractivity contribution is 6.05. The fraction of sp³-hybridized carbons (Fsp3) is 0.111. The molecule has 0 amide bonds. The molecule has 31 heavy (non-hydrogen) atoms. The lowest BCUT2D eigenvalue weighted by Crippen LogP contribution is -2.12. The predicted molar refractivity (Wildman–Crippen MR) is 122 cm³/mol. The van der Waals surface area contributed by atoms with Gasteiger partial charge in [0.2, 0.25) is 0 Å². The number of hydrogen-bond acceptors (Lipinski definition) is 2. The molecule has 4 rings (SSSR count). The second kappa shape index (κ2) is 8.52. The van der Waals surface area contributed by atoms with E-state index in [9.17, 15) is 14.3 Å². The highest BCUT2D eigenvalue weighted by atomic mass is 19.1. The number of carbonyl (C=O) groups is 1. The van der Waals surface area contributed by atoms with Crippen LogP contribution < -0.4 is 0 Å². The van der Waals surface area contributed by atoms with Crippen molar-refractivity contribution >= 4 is 5.97 Å². The van der Waals surface area contributed by atoms with E-state index in [2.05, 4.69) is 0 Å². The summed E-state index contributed by atoms with van der Waals surface area (Å²) in [7, 11) is 0. The molecule has 0 saturated heterocycles. The number of carboxylic acids is 1. The lowest BCUT2D eigenvalue weighted by Gasteiger charge is -2.22. The van der Waals surface area contributed by atoms with Crippen LogP contribution in [0.4, 0.5) is 4.39 Å². The molecule has 3 aromatic carbocycles. The van der Waals surface area contributed by atoms with Gasteiger partial charge >= 0.3 is 5.97 Å². The molecular formula is C27H22FNO2. The normalized spacial score (nSPS) is 11.0. The molecule has 0 saturated carbocycles. The second-order valence-corrected chi connectivity index (χ2v) is 7.67. The first kappa shape index (κ1) is 20.5. The van der Waals surface area contributed by atoms with E-state index in [1.54, 1.807) is 12.1 Å². The fourth-order valence-corrected chi connectivity index (χ4v) is 3.83. The van der Waals surface area contributed by atoms with E-state index < -0.39 is 5.97 Å². The Morgan fingerprint density at radius 2 is 1.29 bits per heavy atom. The van der Waals surface area contributed by atoms with Crippen molar-refractivity contribution in [1.29, 1.82) is 0 Å². The molecule has 154 valence electrons. The van der Waals surface area contributed by atoms with E-state index in [4.69, 9.17) is 4.98 Å². The fourth-order valence-electron chi connectivity index (χ4n) is 3.83.